The van der Waals surface area contributed by atoms with Gasteiger partial charge in [0, 0.05) is 17.2 Å². The number of anilines is 1. The maximum absolute atomic E-state index is 5.37. The largest absolute Gasteiger partial charge is 0.313 e. The number of hydrazine groups is 1. The van der Waals surface area contributed by atoms with E-state index in [4.69, 9.17) is 5.84 Å². The van der Waals surface area contributed by atoms with Crippen molar-refractivity contribution in [3.05, 3.63) is 22.6 Å². The molecular formula is C9H14N6S. The second-order valence-electron chi connectivity index (χ2n) is 3.65. The Morgan fingerprint density at radius 2 is 2.12 bits per heavy atom. The monoisotopic (exact) mass is 238 g/mol. The van der Waals surface area contributed by atoms with Gasteiger partial charge in [-0.2, -0.15) is 5.10 Å². The Balaban J connectivity index is 2.30. The molecule has 2 aromatic rings. The van der Waals surface area contributed by atoms with Crippen molar-refractivity contribution < 1.29 is 0 Å². The Morgan fingerprint density at radius 1 is 1.38 bits per heavy atom. The third-order valence-electron chi connectivity index (χ3n) is 2.73. The van der Waals surface area contributed by atoms with Crippen molar-refractivity contribution in [2.75, 3.05) is 5.43 Å². The van der Waals surface area contributed by atoms with Crippen LogP contribution >= 0.6 is 11.5 Å². The number of nitrogens with two attached hydrogens (primary N) is 1. The summed E-state index contributed by atoms with van der Waals surface area (Å²) in [5, 5.41) is 9.26. The number of hydrogen-bond acceptors (Lipinski definition) is 6. The fourth-order valence-corrected chi connectivity index (χ4v) is 1.99. The van der Waals surface area contributed by atoms with E-state index in [1.807, 2.05) is 18.5 Å². The Morgan fingerprint density at radius 3 is 2.69 bits per heavy atom. The second-order valence-corrected chi connectivity index (χ2v) is 4.40. The number of nitrogen functional groups attached to an aromatic ring is 1. The van der Waals surface area contributed by atoms with Crippen molar-refractivity contribution in [1.29, 1.82) is 0 Å². The molecule has 0 spiro atoms. The number of hydrogen-bond donors (Lipinski definition) is 2. The van der Waals surface area contributed by atoms with E-state index in [0.29, 0.717) is 6.54 Å². The van der Waals surface area contributed by atoms with Crippen molar-refractivity contribution >= 4 is 16.5 Å². The molecular weight excluding hydrogens is 224 g/mol. The normalized spacial score (nSPS) is 10.8. The molecule has 0 bridgehead atoms. The van der Waals surface area contributed by atoms with E-state index in [1.165, 1.54) is 17.1 Å². The minimum atomic E-state index is 0.594. The zero-order valence-electron chi connectivity index (χ0n) is 9.48. The molecule has 0 amide bonds. The maximum atomic E-state index is 5.37. The summed E-state index contributed by atoms with van der Waals surface area (Å²) in [6, 6.07) is 0. The highest BCUT2D eigenvalue weighted by atomic mass is 32.1. The van der Waals surface area contributed by atoms with Crippen LogP contribution in [0.4, 0.5) is 5.00 Å². The number of aryl methyl sites for hydroxylation is 1. The van der Waals surface area contributed by atoms with Crippen LogP contribution < -0.4 is 11.3 Å². The zero-order valence-corrected chi connectivity index (χ0v) is 10.3. The number of nitrogens with one attached hydrogen (secondary N) is 1. The van der Waals surface area contributed by atoms with E-state index in [-0.39, 0.29) is 0 Å². The van der Waals surface area contributed by atoms with E-state index < -0.39 is 0 Å². The molecule has 3 N–H and O–H groups in total. The molecule has 0 aliphatic carbocycles. The number of aromatic nitrogens is 4. The molecule has 86 valence electrons. The summed E-state index contributed by atoms with van der Waals surface area (Å²) >= 11 is 1.25. The van der Waals surface area contributed by atoms with E-state index in [0.717, 1.165) is 22.1 Å². The fourth-order valence-electron chi connectivity index (χ4n) is 1.50. The van der Waals surface area contributed by atoms with Crippen molar-refractivity contribution in [1.82, 2.24) is 19.4 Å². The highest BCUT2D eigenvalue weighted by Crippen LogP contribution is 2.19. The van der Waals surface area contributed by atoms with E-state index in [9.17, 15) is 0 Å². The molecule has 2 heterocycles. The molecule has 2 aromatic heterocycles. The Hall–Kier alpha value is -1.47. The average molecular weight is 238 g/mol. The Labute approximate surface area is 97.6 Å². The molecule has 0 saturated carbocycles. The van der Waals surface area contributed by atoms with E-state index in [2.05, 4.69) is 27.0 Å². The van der Waals surface area contributed by atoms with Gasteiger partial charge in [-0.3, -0.25) is 4.68 Å². The summed E-state index contributed by atoms with van der Waals surface area (Å²) < 4.78 is 5.77. The lowest BCUT2D eigenvalue weighted by Gasteiger charge is -2.03. The summed E-state index contributed by atoms with van der Waals surface area (Å²) in [7, 11) is 0. The van der Waals surface area contributed by atoms with Crippen LogP contribution in [0.2, 0.25) is 0 Å². The molecule has 0 aromatic carbocycles. The molecule has 7 heteroatoms. The topological polar surface area (TPSA) is 81.7 Å². The van der Waals surface area contributed by atoms with E-state index >= 15 is 0 Å². The van der Waals surface area contributed by atoms with Gasteiger partial charge >= 0.3 is 0 Å². The summed E-state index contributed by atoms with van der Waals surface area (Å²) in [5.41, 5.74) is 6.81. The van der Waals surface area contributed by atoms with Gasteiger partial charge in [0.2, 0.25) is 0 Å². The maximum Gasteiger partial charge on any atom is 0.149 e. The number of rotatable bonds is 3. The van der Waals surface area contributed by atoms with Crippen LogP contribution in [0.5, 0.6) is 0 Å². The van der Waals surface area contributed by atoms with Gasteiger partial charge in [0.05, 0.1) is 12.2 Å². The van der Waals surface area contributed by atoms with Gasteiger partial charge in [-0.15, -0.1) is 5.10 Å². The third-order valence-corrected chi connectivity index (χ3v) is 3.43. The van der Waals surface area contributed by atoms with Gasteiger partial charge in [0.15, 0.2) is 0 Å². The lowest BCUT2D eigenvalue weighted by atomic mass is 10.2. The molecule has 0 aliphatic rings. The van der Waals surface area contributed by atoms with Crippen LogP contribution in [-0.4, -0.2) is 19.4 Å². The van der Waals surface area contributed by atoms with Crippen LogP contribution in [0, 0.1) is 20.8 Å². The SMILES string of the molecule is Cc1nn(Cc2nnsc2NN)c(C)c1C. The lowest BCUT2D eigenvalue weighted by Crippen LogP contribution is -2.11. The molecule has 2 rings (SSSR count). The highest BCUT2D eigenvalue weighted by molar-refractivity contribution is 7.10. The predicted molar refractivity (Wildman–Crippen MR) is 63.3 cm³/mol. The molecule has 0 atom stereocenters. The Bertz CT molecular complexity index is 500. The van der Waals surface area contributed by atoms with Crippen molar-refractivity contribution in [3.63, 3.8) is 0 Å². The quantitative estimate of drug-likeness (QED) is 0.615. The first-order chi connectivity index (χ1) is 7.63. The van der Waals surface area contributed by atoms with Crippen molar-refractivity contribution in [2.45, 2.75) is 27.3 Å². The van der Waals surface area contributed by atoms with Crippen LogP contribution in [0.1, 0.15) is 22.6 Å². The zero-order chi connectivity index (χ0) is 11.7. The molecule has 0 fully saturated rings. The number of nitrogens with zero attached hydrogens (tertiary/aromatic N) is 4. The smallest absolute Gasteiger partial charge is 0.149 e. The highest BCUT2D eigenvalue weighted by Gasteiger charge is 2.12. The molecule has 0 unspecified atom stereocenters. The molecule has 6 nitrogen and oxygen atoms in total. The standard InChI is InChI=1S/C9H14N6S/c1-5-6(2)13-15(7(5)3)4-8-9(11-10)16-14-12-8/h11H,4,10H2,1-3H3. The summed E-state index contributed by atoms with van der Waals surface area (Å²) in [6.07, 6.45) is 0. The van der Waals surface area contributed by atoms with Gasteiger partial charge in [0.1, 0.15) is 10.7 Å². The first-order valence-corrected chi connectivity index (χ1v) is 5.69. The molecule has 0 saturated heterocycles. The summed E-state index contributed by atoms with van der Waals surface area (Å²) in [6.45, 7) is 6.71. The summed E-state index contributed by atoms with van der Waals surface area (Å²) in [4.78, 5) is 0. The van der Waals surface area contributed by atoms with Crippen LogP contribution in [0.3, 0.4) is 0 Å². The first-order valence-electron chi connectivity index (χ1n) is 4.92. The van der Waals surface area contributed by atoms with Gasteiger partial charge in [0.25, 0.3) is 0 Å². The van der Waals surface area contributed by atoms with Crippen molar-refractivity contribution in [3.8, 4) is 0 Å². The Kier molecular flexibility index (Phi) is 2.88. The fraction of sp³-hybridized carbons (Fsp3) is 0.444. The molecule has 16 heavy (non-hydrogen) atoms. The lowest BCUT2D eigenvalue weighted by molar-refractivity contribution is 0.645. The summed E-state index contributed by atoms with van der Waals surface area (Å²) in [5.74, 6) is 5.37. The third kappa shape index (κ3) is 1.79. The van der Waals surface area contributed by atoms with Crippen molar-refractivity contribution in [2.24, 2.45) is 5.84 Å². The average Bonchev–Trinajstić information content (AvgIpc) is 2.81. The van der Waals surface area contributed by atoms with Gasteiger partial charge in [-0.1, -0.05) is 4.49 Å². The second kappa shape index (κ2) is 4.18. The van der Waals surface area contributed by atoms with E-state index in [1.54, 1.807) is 0 Å². The molecule has 0 aliphatic heterocycles. The minimum absolute atomic E-state index is 0.594. The first kappa shape index (κ1) is 11.0. The van der Waals surface area contributed by atoms with Crippen LogP contribution in [0.15, 0.2) is 0 Å². The molecule has 0 radical (unpaired) electrons. The minimum Gasteiger partial charge on any atom is -0.313 e. The van der Waals surface area contributed by atoms with Gasteiger partial charge < -0.3 is 5.43 Å². The predicted octanol–water partition coefficient (Wildman–Crippen LogP) is 0.994. The van der Waals surface area contributed by atoms with Crippen LogP contribution in [0.25, 0.3) is 0 Å². The van der Waals surface area contributed by atoms with Crippen LogP contribution in [-0.2, 0) is 6.54 Å². The van der Waals surface area contributed by atoms with Gasteiger partial charge in [-0.05, 0) is 26.3 Å². The van der Waals surface area contributed by atoms with Gasteiger partial charge in [-0.25, -0.2) is 5.84 Å².